The van der Waals surface area contributed by atoms with Gasteiger partial charge in [-0.25, -0.2) is 0 Å². The SMILES string of the molecule is NC1CCC(C(=O)N2CCN(C(=O)c3ccc(Cl)cc3)CC2)C1. The largest absolute Gasteiger partial charge is 0.339 e. The van der Waals surface area contributed by atoms with E-state index in [-0.39, 0.29) is 23.8 Å². The lowest BCUT2D eigenvalue weighted by atomic mass is 10.1. The number of benzene rings is 1. The van der Waals surface area contributed by atoms with E-state index >= 15 is 0 Å². The lowest BCUT2D eigenvalue weighted by Gasteiger charge is -2.36. The van der Waals surface area contributed by atoms with Crippen molar-refractivity contribution in [3.63, 3.8) is 0 Å². The molecule has 23 heavy (non-hydrogen) atoms. The summed E-state index contributed by atoms with van der Waals surface area (Å²) in [4.78, 5) is 28.6. The maximum Gasteiger partial charge on any atom is 0.253 e. The van der Waals surface area contributed by atoms with Crippen molar-refractivity contribution in [2.75, 3.05) is 26.2 Å². The topological polar surface area (TPSA) is 66.6 Å². The van der Waals surface area contributed by atoms with E-state index in [1.54, 1.807) is 29.2 Å². The Hall–Kier alpha value is -1.59. The molecule has 1 saturated heterocycles. The maximum atomic E-state index is 12.5. The van der Waals surface area contributed by atoms with Gasteiger partial charge in [0.15, 0.2) is 0 Å². The zero-order valence-electron chi connectivity index (χ0n) is 13.1. The smallest absolute Gasteiger partial charge is 0.253 e. The Morgan fingerprint density at radius 2 is 1.61 bits per heavy atom. The fraction of sp³-hybridized carbons (Fsp3) is 0.529. The molecular weight excluding hydrogens is 314 g/mol. The van der Waals surface area contributed by atoms with Crippen LogP contribution in [0.4, 0.5) is 0 Å². The van der Waals surface area contributed by atoms with E-state index in [4.69, 9.17) is 17.3 Å². The number of carbonyl (C=O) groups excluding carboxylic acids is 2. The van der Waals surface area contributed by atoms with Crippen LogP contribution in [0.5, 0.6) is 0 Å². The van der Waals surface area contributed by atoms with E-state index in [0.717, 1.165) is 19.3 Å². The van der Waals surface area contributed by atoms with Crippen LogP contribution in [0, 0.1) is 5.92 Å². The van der Waals surface area contributed by atoms with Gasteiger partial charge in [-0.3, -0.25) is 9.59 Å². The van der Waals surface area contributed by atoms with E-state index in [9.17, 15) is 9.59 Å². The van der Waals surface area contributed by atoms with Crippen LogP contribution >= 0.6 is 11.6 Å². The molecule has 2 N–H and O–H groups in total. The quantitative estimate of drug-likeness (QED) is 0.895. The van der Waals surface area contributed by atoms with Gasteiger partial charge in [-0.2, -0.15) is 0 Å². The molecular formula is C17H22ClN3O2. The van der Waals surface area contributed by atoms with Crippen molar-refractivity contribution in [1.82, 2.24) is 9.80 Å². The van der Waals surface area contributed by atoms with Gasteiger partial charge >= 0.3 is 0 Å². The number of carbonyl (C=O) groups is 2. The van der Waals surface area contributed by atoms with Gasteiger partial charge in [0.1, 0.15) is 0 Å². The molecule has 6 heteroatoms. The van der Waals surface area contributed by atoms with Gasteiger partial charge in [0, 0.05) is 48.7 Å². The minimum absolute atomic E-state index is 0.00310. The molecule has 1 aliphatic carbocycles. The summed E-state index contributed by atoms with van der Waals surface area (Å²) >= 11 is 5.85. The maximum absolute atomic E-state index is 12.5. The number of hydrogen-bond acceptors (Lipinski definition) is 3. The van der Waals surface area contributed by atoms with E-state index in [1.165, 1.54) is 0 Å². The Bertz CT molecular complexity index is 582. The third-order valence-corrected chi connectivity index (χ3v) is 5.04. The number of halogens is 1. The fourth-order valence-electron chi connectivity index (χ4n) is 3.40. The second-order valence-corrected chi connectivity index (χ2v) is 6.83. The molecule has 0 aromatic heterocycles. The van der Waals surface area contributed by atoms with Crippen LogP contribution in [0.3, 0.4) is 0 Å². The van der Waals surface area contributed by atoms with Crippen molar-refractivity contribution < 1.29 is 9.59 Å². The summed E-state index contributed by atoms with van der Waals surface area (Å²) in [5.74, 6) is 0.275. The Labute approximate surface area is 141 Å². The molecule has 1 heterocycles. The van der Waals surface area contributed by atoms with Gasteiger partial charge in [0.05, 0.1) is 0 Å². The van der Waals surface area contributed by atoms with Crippen molar-refractivity contribution in [1.29, 1.82) is 0 Å². The number of rotatable bonds is 2. The summed E-state index contributed by atoms with van der Waals surface area (Å²) in [6.07, 6.45) is 2.62. The molecule has 2 amide bonds. The highest BCUT2D eigenvalue weighted by molar-refractivity contribution is 6.30. The highest BCUT2D eigenvalue weighted by Gasteiger charge is 2.33. The van der Waals surface area contributed by atoms with Crippen LogP contribution in [0.25, 0.3) is 0 Å². The molecule has 0 spiro atoms. The van der Waals surface area contributed by atoms with Crippen LogP contribution in [-0.4, -0.2) is 53.8 Å². The Morgan fingerprint density at radius 1 is 1.00 bits per heavy atom. The van der Waals surface area contributed by atoms with Gasteiger partial charge in [-0.1, -0.05) is 11.6 Å². The van der Waals surface area contributed by atoms with Crippen LogP contribution in [0.2, 0.25) is 5.02 Å². The van der Waals surface area contributed by atoms with Gasteiger partial charge < -0.3 is 15.5 Å². The van der Waals surface area contributed by atoms with Gasteiger partial charge in [-0.15, -0.1) is 0 Å². The second-order valence-electron chi connectivity index (χ2n) is 6.39. The molecule has 124 valence electrons. The normalized spacial score (nSPS) is 24.8. The second kappa shape index (κ2) is 6.89. The first-order chi connectivity index (χ1) is 11.0. The average Bonchev–Trinajstić information content (AvgIpc) is 3.01. The van der Waals surface area contributed by atoms with Gasteiger partial charge in [0.2, 0.25) is 5.91 Å². The summed E-state index contributed by atoms with van der Waals surface area (Å²) in [7, 11) is 0. The monoisotopic (exact) mass is 335 g/mol. The van der Waals surface area contributed by atoms with Crippen LogP contribution in [-0.2, 0) is 4.79 Å². The number of nitrogens with zero attached hydrogens (tertiary/aromatic N) is 2. The number of hydrogen-bond donors (Lipinski definition) is 1. The molecule has 3 rings (SSSR count). The first-order valence-corrected chi connectivity index (χ1v) is 8.51. The molecule has 1 aliphatic heterocycles. The zero-order valence-corrected chi connectivity index (χ0v) is 13.8. The van der Waals surface area contributed by atoms with Crippen LogP contribution < -0.4 is 5.73 Å². The molecule has 1 saturated carbocycles. The van der Waals surface area contributed by atoms with Crippen molar-refractivity contribution in [2.24, 2.45) is 11.7 Å². The molecule has 2 fully saturated rings. The molecule has 1 aromatic carbocycles. The number of piperazine rings is 1. The fourth-order valence-corrected chi connectivity index (χ4v) is 3.53. The predicted molar refractivity (Wildman–Crippen MR) is 89.3 cm³/mol. The molecule has 2 atom stereocenters. The Kier molecular flexibility index (Phi) is 4.87. The highest BCUT2D eigenvalue weighted by atomic mass is 35.5. The molecule has 0 bridgehead atoms. The number of amides is 2. The van der Waals surface area contributed by atoms with Gasteiger partial charge in [-0.05, 0) is 43.5 Å². The molecule has 0 radical (unpaired) electrons. The van der Waals surface area contributed by atoms with E-state index in [0.29, 0.717) is 36.8 Å². The lowest BCUT2D eigenvalue weighted by Crippen LogP contribution is -2.51. The third-order valence-electron chi connectivity index (χ3n) is 4.79. The van der Waals surface area contributed by atoms with Crippen molar-refractivity contribution >= 4 is 23.4 Å². The first kappa shape index (κ1) is 16.3. The van der Waals surface area contributed by atoms with Crippen molar-refractivity contribution in [2.45, 2.75) is 25.3 Å². The van der Waals surface area contributed by atoms with E-state index in [1.807, 2.05) is 4.90 Å². The molecule has 2 aliphatic rings. The summed E-state index contributed by atoms with van der Waals surface area (Å²) in [6.45, 7) is 2.35. The minimum atomic E-state index is -0.00310. The van der Waals surface area contributed by atoms with E-state index < -0.39 is 0 Å². The van der Waals surface area contributed by atoms with E-state index in [2.05, 4.69) is 0 Å². The summed E-state index contributed by atoms with van der Waals surface area (Å²) < 4.78 is 0. The minimum Gasteiger partial charge on any atom is -0.339 e. The Morgan fingerprint density at radius 3 is 2.17 bits per heavy atom. The van der Waals surface area contributed by atoms with Crippen molar-refractivity contribution in [3.8, 4) is 0 Å². The highest BCUT2D eigenvalue weighted by Crippen LogP contribution is 2.26. The molecule has 2 unspecified atom stereocenters. The Balaban J connectivity index is 1.54. The van der Waals surface area contributed by atoms with Gasteiger partial charge in [0.25, 0.3) is 5.91 Å². The molecule has 1 aromatic rings. The zero-order chi connectivity index (χ0) is 16.4. The summed E-state index contributed by atoms with van der Waals surface area (Å²) in [6, 6.07) is 7.08. The first-order valence-electron chi connectivity index (χ1n) is 8.14. The summed E-state index contributed by atoms with van der Waals surface area (Å²) in [5, 5.41) is 0.617. The van der Waals surface area contributed by atoms with Crippen molar-refractivity contribution in [3.05, 3.63) is 34.9 Å². The molecule has 5 nitrogen and oxygen atoms in total. The average molecular weight is 336 g/mol. The predicted octanol–water partition coefficient (Wildman–Crippen LogP) is 1.75. The van der Waals surface area contributed by atoms with Crippen LogP contribution in [0.15, 0.2) is 24.3 Å². The standard InChI is InChI=1S/C17H22ClN3O2/c18-14-4-1-12(2-5-14)16(22)20-7-9-21(10-8-20)17(23)13-3-6-15(19)11-13/h1-2,4-5,13,15H,3,6-11,19H2. The third kappa shape index (κ3) is 3.67. The number of nitrogens with two attached hydrogens (primary N) is 1. The summed E-state index contributed by atoms with van der Waals surface area (Å²) in [5.41, 5.74) is 6.53. The lowest BCUT2D eigenvalue weighted by molar-refractivity contribution is -0.136. The van der Waals surface area contributed by atoms with Crippen LogP contribution in [0.1, 0.15) is 29.6 Å².